The van der Waals surface area contributed by atoms with Crippen LogP contribution in [0.25, 0.3) is 0 Å². The average Bonchev–Trinajstić information content (AvgIpc) is 2.66. The predicted octanol–water partition coefficient (Wildman–Crippen LogP) is 4.33. The quantitative estimate of drug-likeness (QED) is 0.667. The molecule has 0 saturated heterocycles. The molecule has 3 rings (SSSR count). The van der Waals surface area contributed by atoms with Crippen LogP contribution in [0.4, 0.5) is 20.2 Å². The van der Waals surface area contributed by atoms with Gasteiger partial charge in [-0.25, -0.2) is 17.2 Å². The van der Waals surface area contributed by atoms with E-state index in [1.807, 2.05) is 0 Å². The molecule has 3 aromatic carbocycles. The van der Waals surface area contributed by atoms with Gasteiger partial charge in [0.1, 0.15) is 0 Å². The molecule has 1 amide bonds. The standard InChI is InChI=1S/C20H16F2N2O3S/c1-13-4-2-3-5-19(13)24-28(26,27)16-9-6-14(7-10-16)20(25)23-15-8-11-17(21)18(22)12-15/h2-12,24H,1H3,(H,23,25). The van der Waals surface area contributed by atoms with Crippen molar-refractivity contribution in [3.05, 3.63) is 89.5 Å². The molecule has 144 valence electrons. The third-order valence-electron chi connectivity index (χ3n) is 3.99. The van der Waals surface area contributed by atoms with Crippen molar-refractivity contribution in [2.45, 2.75) is 11.8 Å². The Morgan fingerprint density at radius 1 is 0.893 bits per heavy atom. The number of rotatable bonds is 5. The van der Waals surface area contributed by atoms with Crippen molar-refractivity contribution in [1.29, 1.82) is 0 Å². The highest BCUT2D eigenvalue weighted by molar-refractivity contribution is 7.92. The second-order valence-corrected chi connectivity index (χ2v) is 7.71. The number of aryl methyl sites for hydroxylation is 1. The molecular weight excluding hydrogens is 386 g/mol. The van der Waals surface area contributed by atoms with Crippen LogP contribution in [0.15, 0.2) is 71.6 Å². The van der Waals surface area contributed by atoms with E-state index in [1.54, 1.807) is 31.2 Å². The molecule has 0 fully saturated rings. The van der Waals surface area contributed by atoms with Crippen molar-refractivity contribution in [2.24, 2.45) is 0 Å². The van der Waals surface area contributed by atoms with Crippen LogP contribution in [0, 0.1) is 18.6 Å². The molecule has 2 N–H and O–H groups in total. The maximum absolute atomic E-state index is 13.2. The van der Waals surface area contributed by atoms with Crippen LogP contribution in [-0.2, 0) is 10.0 Å². The maximum atomic E-state index is 13.2. The second kappa shape index (κ2) is 7.77. The van der Waals surface area contributed by atoms with E-state index in [9.17, 15) is 22.0 Å². The Balaban J connectivity index is 1.76. The molecule has 0 atom stereocenters. The predicted molar refractivity (Wildman–Crippen MR) is 103 cm³/mol. The lowest BCUT2D eigenvalue weighted by Crippen LogP contribution is -2.15. The number of benzene rings is 3. The van der Waals surface area contributed by atoms with Crippen molar-refractivity contribution in [3.63, 3.8) is 0 Å². The zero-order chi connectivity index (χ0) is 20.3. The monoisotopic (exact) mass is 402 g/mol. The number of carbonyl (C=O) groups is 1. The molecule has 3 aromatic rings. The van der Waals surface area contributed by atoms with Crippen molar-refractivity contribution in [3.8, 4) is 0 Å². The van der Waals surface area contributed by atoms with Crippen LogP contribution in [0.5, 0.6) is 0 Å². The summed E-state index contributed by atoms with van der Waals surface area (Å²) in [5.74, 6) is -2.68. The molecule has 0 spiro atoms. The summed E-state index contributed by atoms with van der Waals surface area (Å²) in [4.78, 5) is 12.2. The van der Waals surface area contributed by atoms with Crippen LogP contribution in [0.2, 0.25) is 0 Å². The van der Waals surface area contributed by atoms with Crippen LogP contribution in [-0.4, -0.2) is 14.3 Å². The molecule has 0 heterocycles. The minimum absolute atomic E-state index is 0.0138. The fraction of sp³-hybridized carbons (Fsp3) is 0.0500. The number of para-hydroxylation sites is 1. The summed E-state index contributed by atoms with van der Waals surface area (Å²) in [6.45, 7) is 1.78. The van der Waals surface area contributed by atoms with Crippen LogP contribution >= 0.6 is 0 Å². The molecule has 0 aliphatic heterocycles. The average molecular weight is 402 g/mol. The highest BCUT2D eigenvalue weighted by Crippen LogP contribution is 2.20. The first-order valence-corrected chi connectivity index (χ1v) is 9.69. The molecular formula is C20H16F2N2O3S. The molecule has 5 nitrogen and oxygen atoms in total. The minimum atomic E-state index is -3.82. The molecule has 0 aliphatic rings. The molecule has 0 aliphatic carbocycles. The summed E-state index contributed by atoms with van der Waals surface area (Å²) in [7, 11) is -3.82. The summed E-state index contributed by atoms with van der Waals surface area (Å²) in [5, 5.41) is 2.42. The highest BCUT2D eigenvalue weighted by Gasteiger charge is 2.16. The molecule has 0 radical (unpaired) electrons. The van der Waals surface area contributed by atoms with Crippen molar-refractivity contribution >= 4 is 27.3 Å². The van der Waals surface area contributed by atoms with Gasteiger partial charge in [0.25, 0.3) is 15.9 Å². The lowest BCUT2D eigenvalue weighted by molar-refractivity contribution is 0.102. The molecule has 0 unspecified atom stereocenters. The third kappa shape index (κ3) is 4.34. The number of amides is 1. The first-order valence-electron chi connectivity index (χ1n) is 8.21. The Hall–Kier alpha value is -3.26. The topological polar surface area (TPSA) is 75.3 Å². The van der Waals surface area contributed by atoms with Crippen molar-refractivity contribution in [1.82, 2.24) is 0 Å². The van der Waals surface area contributed by atoms with E-state index in [0.717, 1.165) is 17.7 Å². The normalized spacial score (nSPS) is 11.1. The van der Waals surface area contributed by atoms with Gasteiger partial charge in [0.05, 0.1) is 10.6 Å². The number of sulfonamides is 1. The van der Waals surface area contributed by atoms with E-state index in [4.69, 9.17) is 0 Å². The molecule has 0 bridgehead atoms. The van der Waals surface area contributed by atoms with E-state index in [-0.39, 0.29) is 16.1 Å². The largest absolute Gasteiger partial charge is 0.322 e. The van der Waals surface area contributed by atoms with E-state index in [2.05, 4.69) is 10.0 Å². The fourth-order valence-corrected chi connectivity index (χ4v) is 3.58. The third-order valence-corrected chi connectivity index (χ3v) is 5.38. The lowest BCUT2D eigenvalue weighted by atomic mass is 10.2. The van der Waals surface area contributed by atoms with E-state index >= 15 is 0 Å². The van der Waals surface area contributed by atoms with Gasteiger partial charge in [-0.2, -0.15) is 0 Å². The van der Waals surface area contributed by atoms with Gasteiger partial charge < -0.3 is 5.32 Å². The Morgan fingerprint density at radius 3 is 2.21 bits per heavy atom. The molecule has 0 saturated carbocycles. The Labute approximate surface area is 161 Å². The van der Waals surface area contributed by atoms with Crippen molar-refractivity contribution < 1.29 is 22.0 Å². The number of nitrogens with one attached hydrogen (secondary N) is 2. The van der Waals surface area contributed by atoms with Gasteiger partial charge in [-0.05, 0) is 55.0 Å². The van der Waals surface area contributed by atoms with Gasteiger partial charge in [0.2, 0.25) is 0 Å². The molecule has 0 aromatic heterocycles. The first kappa shape index (κ1) is 19.5. The van der Waals surface area contributed by atoms with Gasteiger partial charge in [-0.1, -0.05) is 18.2 Å². The van der Waals surface area contributed by atoms with Gasteiger partial charge in [-0.3, -0.25) is 9.52 Å². The lowest BCUT2D eigenvalue weighted by Gasteiger charge is -2.11. The van der Waals surface area contributed by atoms with E-state index in [0.29, 0.717) is 5.69 Å². The SMILES string of the molecule is Cc1ccccc1NS(=O)(=O)c1ccc(C(=O)Nc2ccc(F)c(F)c2)cc1. The van der Waals surface area contributed by atoms with Gasteiger partial charge >= 0.3 is 0 Å². The van der Waals surface area contributed by atoms with E-state index < -0.39 is 27.6 Å². The van der Waals surface area contributed by atoms with Crippen LogP contribution < -0.4 is 10.0 Å². The van der Waals surface area contributed by atoms with Crippen LogP contribution in [0.3, 0.4) is 0 Å². The summed E-state index contributed by atoms with van der Waals surface area (Å²) in [6, 6.07) is 15.2. The van der Waals surface area contributed by atoms with Gasteiger partial charge in [-0.15, -0.1) is 0 Å². The smallest absolute Gasteiger partial charge is 0.261 e. The number of anilines is 2. The second-order valence-electron chi connectivity index (χ2n) is 6.03. The number of carbonyl (C=O) groups excluding carboxylic acids is 1. The van der Waals surface area contributed by atoms with Crippen LogP contribution in [0.1, 0.15) is 15.9 Å². The van der Waals surface area contributed by atoms with Gasteiger partial charge in [0, 0.05) is 17.3 Å². The minimum Gasteiger partial charge on any atom is -0.322 e. The molecule has 8 heteroatoms. The first-order chi connectivity index (χ1) is 13.3. The fourth-order valence-electron chi connectivity index (χ4n) is 2.45. The number of halogens is 2. The van der Waals surface area contributed by atoms with Crippen molar-refractivity contribution in [2.75, 3.05) is 10.0 Å². The summed E-state index contributed by atoms with van der Waals surface area (Å²) < 4.78 is 53.7. The molecule has 28 heavy (non-hydrogen) atoms. The zero-order valence-electron chi connectivity index (χ0n) is 14.7. The maximum Gasteiger partial charge on any atom is 0.261 e. The zero-order valence-corrected chi connectivity index (χ0v) is 15.6. The summed E-state index contributed by atoms with van der Waals surface area (Å²) >= 11 is 0. The number of hydrogen-bond donors (Lipinski definition) is 2. The Morgan fingerprint density at radius 2 is 1.57 bits per heavy atom. The number of hydrogen-bond acceptors (Lipinski definition) is 3. The Bertz CT molecular complexity index is 1130. The summed E-state index contributed by atoms with van der Waals surface area (Å²) in [5.41, 5.74) is 1.48. The highest BCUT2D eigenvalue weighted by atomic mass is 32.2. The van der Waals surface area contributed by atoms with E-state index in [1.165, 1.54) is 30.3 Å². The Kier molecular flexibility index (Phi) is 5.41. The van der Waals surface area contributed by atoms with Gasteiger partial charge in [0.15, 0.2) is 11.6 Å². The summed E-state index contributed by atoms with van der Waals surface area (Å²) in [6.07, 6.45) is 0.